The van der Waals surface area contributed by atoms with Crippen molar-refractivity contribution in [1.82, 2.24) is 3.80 Å². The van der Waals surface area contributed by atoms with Crippen LogP contribution in [0.1, 0.15) is 73.1 Å². The summed E-state index contributed by atoms with van der Waals surface area (Å²) in [5, 5.41) is 0. The number of rotatable bonds is 5. The maximum absolute atomic E-state index is 4.60. The molecule has 197 valence electrons. The zero-order valence-corrected chi connectivity index (χ0v) is 28.3. The SMILES string of the molecule is CC1=C(C)C(C)[C]([Ti]([NH]C23CC4CC(CC(C)(C4)C2)C3)[GeH]([CH3])[CH3])=C1C.c1ccc(-c2ccccc2)cc1. The van der Waals surface area contributed by atoms with Crippen LogP contribution in [0.25, 0.3) is 11.1 Å². The van der Waals surface area contributed by atoms with Gasteiger partial charge in [0.05, 0.1) is 0 Å². The number of hydrogen-bond donors (Lipinski definition) is 1. The first-order chi connectivity index (χ1) is 17.6. The summed E-state index contributed by atoms with van der Waals surface area (Å²) in [6.07, 6.45) is 9.12. The number of hydrogen-bond acceptors (Lipinski definition) is 1. The minimum Gasteiger partial charge on any atom is -0.0622 e. The summed E-state index contributed by atoms with van der Waals surface area (Å²) in [6, 6.07) is 20.8. The largest absolute Gasteiger partial charge is 0.0622 e. The van der Waals surface area contributed by atoms with E-state index in [1.54, 1.807) is 23.1 Å². The molecule has 37 heavy (non-hydrogen) atoms. The molecule has 0 radical (unpaired) electrons. The fourth-order valence-electron chi connectivity index (χ4n) is 8.74. The van der Waals surface area contributed by atoms with Crippen molar-refractivity contribution in [2.75, 3.05) is 0 Å². The molecule has 3 heteroatoms. The Balaban J connectivity index is 0.000000195. The summed E-state index contributed by atoms with van der Waals surface area (Å²) >= 11 is -2.47. The molecule has 3 unspecified atom stereocenters. The molecule has 0 amide bonds. The summed E-state index contributed by atoms with van der Waals surface area (Å²) in [5.41, 5.74) is 8.74. The summed E-state index contributed by atoms with van der Waals surface area (Å²) in [6.45, 7) is 12.3. The van der Waals surface area contributed by atoms with Crippen LogP contribution in [0.3, 0.4) is 0 Å². The van der Waals surface area contributed by atoms with E-state index in [4.69, 9.17) is 0 Å². The van der Waals surface area contributed by atoms with Crippen molar-refractivity contribution in [3.8, 4) is 11.1 Å². The minimum absolute atomic E-state index is 0.543. The van der Waals surface area contributed by atoms with Crippen LogP contribution in [0.4, 0.5) is 0 Å². The topological polar surface area (TPSA) is 12.0 Å². The first kappa shape index (κ1) is 27.7. The average molecular weight is 591 g/mol. The van der Waals surface area contributed by atoms with Crippen molar-refractivity contribution in [2.45, 2.75) is 90.2 Å². The van der Waals surface area contributed by atoms with E-state index < -0.39 is 27.4 Å². The van der Waals surface area contributed by atoms with E-state index >= 15 is 0 Å². The fraction of sp³-hybridized carbons (Fsp3) is 0.529. The molecule has 0 aliphatic heterocycles. The number of nitrogens with one attached hydrogen (secondary N) is 1. The molecular weight excluding hydrogens is 543 g/mol. The molecule has 0 saturated heterocycles. The smallest absolute Gasteiger partial charge is 0.0184 e. The van der Waals surface area contributed by atoms with E-state index in [1.807, 2.05) is 16.0 Å². The van der Waals surface area contributed by atoms with E-state index in [-0.39, 0.29) is 0 Å². The molecule has 3 atom stereocenters. The molecule has 0 aromatic heterocycles. The van der Waals surface area contributed by atoms with Crippen molar-refractivity contribution in [1.29, 1.82) is 0 Å². The molecule has 4 bridgehead atoms. The Hall–Kier alpha value is -0.863. The van der Waals surface area contributed by atoms with Gasteiger partial charge in [-0.1, -0.05) is 60.7 Å². The number of allylic oxidation sites excluding steroid dienone is 4. The third-order valence-electron chi connectivity index (χ3n) is 10.1. The fourth-order valence-corrected chi connectivity index (χ4v) is 28.3. The molecule has 7 rings (SSSR count). The van der Waals surface area contributed by atoms with Gasteiger partial charge in [0.25, 0.3) is 0 Å². The maximum Gasteiger partial charge on any atom is -0.0184 e. The van der Waals surface area contributed by atoms with E-state index in [2.05, 4.69) is 98.5 Å². The predicted octanol–water partition coefficient (Wildman–Crippen LogP) is 9.07. The Morgan fingerprint density at radius 2 is 1.30 bits per heavy atom. The second-order valence-electron chi connectivity index (χ2n) is 13.5. The Kier molecular flexibility index (Phi) is 8.20. The molecule has 1 N–H and O–H groups in total. The Morgan fingerprint density at radius 3 is 1.70 bits per heavy atom. The van der Waals surface area contributed by atoms with Crippen molar-refractivity contribution in [3.05, 3.63) is 81.3 Å². The summed E-state index contributed by atoms with van der Waals surface area (Å²) in [5.74, 6) is 8.19. The summed E-state index contributed by atoms with van der Waals surface area (Å²) < 4.78 is 6.55. The Bertz CT molecular complexity index is 1110. The van der Waals surface area contributed by atoms with Crippen LogP contribution in [0, 0.1) is 23.2 Å². The monoisotopic (exact) mass is 592 g/mol. The second kappa shape index (κ2) is 11.0. The second-order valence-corrected chi connectivity index (χ2v) is 35.3. The zero-order chi connectivity index (χ0) is 26.4. The van der Waals surface area contributed by atoms with Crippen molar-refractivity contribution < 1.29 is 15.9 Å². The van der Waals surface area contributed by atoms with Gasteiger partial charge in [-0.2, -0.15) is 0 Å². The third-order valence-corrected chi connectivity index (χ3v) is 29.3. The van der Waals surface area contributed by atoms with E-state index in [1.165, 1.54) is 43.2 Å². The maximum atomic E-state index is 4.60. The molecule has 2 aromatic carbocycles. The summed E-state index contributed by atoms with van der Waals surface area (Å²) in [7, 11) is 0. The van der Waals surface area contributed by atoms with Gasteiger partial charge in [0.1, 0.15) is 0 Å². The molecule has 0 spiro atoms. The predicted molar refractivity (Wildman–Crippen MR) is 160 cm³/mol. The van der Waals surface area contributed by atoms with Crippen LogP contribution in [-0.2, 0) is 15.9 Å². The van der Waals surface area contributed by atoms with Crippen molar-refractivity contribution in [3.63, 3.8) is 0 Å². The molecule has 5 aliphatic rings. The Labute approximate surface area is 235 Å². The molecule has 4 saturated carbocycles. The van der Waals surface area contributed by atoms with Gasteiger partial charge in [-0.25, -0.2) is 0 Å². The normalized spacial score (nSPS) is 32.2. The molecule has 1 nitrogen and oxygen atoms in total. The van der Waals surface area contributed by atoms with E-state index in [9.17, 15) is 0 Å². The van der Waals surface area contributed by atoms with Gasteiger partial charge in [0, 0.05) is 0 Å². The number of benzene rings is 2. The molecular formula is C34H48GeNTi. The first-order valence-electron chi connectivity index (χ1n) is 14.7. The van der Waals surface area contributed by atoms with Gasteiger partial charge in [-0.3, -0.25) is 0 Å². The molecule has 4 fully saturated rings. The molecule has 0 heterocycles. The quantitative estimate of drug-likeness (QED) is 0.342. The zero-order valence-electron chi connectivity index (χ0n) is 24.3. The van der Waals surface area contributed by atoms with Gasteiger partial charge in [-0.05, 0) is 11.1 Å². The van der Waals surface area contributed by atoms with Gasteiger partial charge in [-0.15, -0.1) is 0 Å². The van der Waals surface area contributed by atoms with Gasteiger partial charge in [0.15, 0.2) is 0 Å². The molecule has 5 aliphatic carbocycles. The van der Waals surface area contributed by atoms with Crippen LogP contribution in [-0.4, -0.2) is 17.1 Å². The van der Waals surface area contributed by atoms with Gasteiger partial charge < -0.3 is 0 Å². The Morgan fingerprint density at radius 1 is 0.784 bits per heavy atom. The van der Waals surface area contributed by atoms with Crippen LogP contribution < -0.4 is 3.80 Å². The average Bonchev–Trinajstić information content (AvgIpc) is 3.05. The molecule has 2 aromatic rings. The summed E-state index contributed by atoms with van der Waals surface area (Å²) in [4.78, 5) is 0. The van der Waals surface area contributed by atoms with Crippen molar-refractivity contribution in [2.24, 2.45) is 23.2 Å². The van der Waals surface area contributed by atoms with E-state index in [0.29, 0.717) is 11.0 Å². The van der Waals surface area contributed by atoms with Gasteiger partial charge in [0.2, 0.25) is 0 Å². The van der Waals surface area contributed by atoms with E-state index in [0.717, 1.165) is 17.8 Å². The van der Waals surface area contributed by atoms with Crippen LogP contribution in [0.15, 0.2) is 81.3 Å². The minimum atomic E-state index is -1.30. The van der Waals surface area contributed by atoms with Gasteiger partial charge >= 0.3 is 165 Å². The van der Waals surface area contributed by atoms with Crippen LogP contribution in [0.5, 0.6) is 0 Å². The van der Waals surface area contributed by atoms with Crippen molar-refractivity contribution >= 4 is 11.5 Å². The first-order valence-corrected chi connectivity index (χ1v) is 27.0. The standard InChI is InChI=1S/C12H10.C11H18N.C9H13.C2H7Ge.Ti/c1-3-7-11(8-4-1)12-9-5-2-6-10-12;1-10-3-8-2-9(4-10)6-11(12,5-8)7-10;1-6-5-7(2)9(4)8(6)3;1-3-2;/h1-10H;8-9,12H,2-7H2,1H3;6H,1-4H3;3H,1-2H3;/q;-1;;;+1. The van der Waals surface area contributed by atoms with Crippen LogP contribution in [0.2, 0.25) is 11.5 Å². The third kappa shape index (κ3) is 5.72. The van der Waals surface area contributed by atoms with Crippen LogP contribution >= 0.6 is 0 Å².